The number of benzene rings is 1. The molecule has 0 saturated carbocycles. The predicted molar refractivity (Wildman–Crippen MR) is 86.9 cm³/mol. The Morgan fingerprint density at radius 1 is 1.24 bits per heavy atom. The normalized spacial score (nSPS) is 16.1. The van der Waals surface area contributed by atoms with E-state index in [9.17, 15) is 9.59 Å². The van der Waals surface area contributed by atoms with Crippen molar-refractivity contribution >= 4 is 33.4 Å². The lowest BCUT2D eigenvalue weighted by Gasteiger charge is -2.32. The minimum Gasteiger partial charge on any atom is -0.342 e. The zero-order chi connectivity index (χ0) is 15.4. The monoisotopic (exact) mass is 352 g/mol. The molecule has 114 valence electrons. The fourth-order valence-electron chi connectivity index (χ4n) is 2.52. The molecule has 1 fully saturated rings. The number of carbonyl (C=O) groups excluding carboxylic acids is 2. The number of halogens is 1. The van der Waals surface area contributed by atoms with Crippen LogP contribution in [0.25, 0.3) is 0 Å². The average Bonchev–Trinajstić information content (AvgIpc) is 2.49. The topological polar surface area (TPSA) is 49.4 Å². The molecule has 0 atom stereocenters. The van der Waals surface area contributed by atoms with E-state index in [0.717, 1.165) is 23.0 Å². The molecule has 0 bridgehead atoms. The van der Waals surface area contributed by atoms with E-state index in [1.807, 2.05) is 43.0 Å². The van der Waals surface area contributed by atoms with Crippen LogP contribution in [-0.4, -0.2) is 29.8 Å². The summed E-state index contributed by atoms with van der Waals surface area (Å²) >= 11 is 3.43. The van der Waals surface area contributed by atoms with Crippen molar-refractivity contribution in [2.45, 2.75) is 26.7 Å². The van der Waals surface area contributed by atoms with Gasteiger partial charge in [-0.05, 0) is 40.9 Å². The number of amides is 2. The number of hydrogen-bond acceptors (Lipinski definition) is 2. The second-order valence-corrected chi connectivity index (χ2v) is 6.58. The van der Waals surface area contributed by atoms with Crippen molar-refractivity contribution in [3.63, 3.8) is 0 Å². The lowest BCUT2D eigenvalue weighted by molar-refractivity contribution is -0.137. The van der Waals surface area contributed by atoms with Crippen molar-refractivity contribution in [2.75, 3.05) is 18.4 Å². The predicted octanol–water partition coefficient (Wildman–Crippen LogP) is 3.28. The van der Waals surface area contributed by atoms with Crippen molar-refractivity contribution in [2.24, 2.45) is 11.8 Å². The number of nitrogens with one attached hydrogen (secondary N) is 1. The number of piperidine rings is 1. The van der Waals surface area contributed by atoms with Gasteiger partial charge in [-0.2, -0.15) is 0 Å². The van der Waals surface area contributed by atoms with Crippen LogP contribution < -0.4 is 5.32 Å². The van der Waals surface area contributed by atoms with Gasteiger partial charge in [0.2, 0.25) is 11.8 Å². The average molecular weight is 353 g/mol. The van der Waals surface area contributed by atoms with E-state index in [1.54, 1.807) is 0 Å². The summed E-state index contributed by atoms with van der Waals surface area (Å²) in [6.07, 6.45) is 1.46. The van der Waals surface area contributed by atoms with Gasteiger partial charge < -0.3 is 10.2 Å². The maximum atomic E-state index is 12.3. The van der Waals surface area contributed by atoms with E-state index >= 15 is 0 Å². The van der Waals surface area contributed by atoms with E-state index in [0.29, 0.717) is 13.1 Å². The Bertz CT molecular complexity index is 523. The van der Waals surface area contributed by atoms with E-state index in [4.69, 9.17) is 0 Å². The Morgan fingerprint density at radius 2 is 1.86 bits per heavy atom. The van der Waals surface area contributed by atoms with Gasteiger partial charge in [-0.25, -0.2) is 0 Å². The van der Waals surface area contributed by atoms with Crippen LogP contribution in [0.15, 0.2) is 28.7 Å². The lowest BCUT2D eigenvalue weighted by Crippen LogP contribution is -2.43. The van der Waals surface area contributed by atoms with E-state index in [2.05, 4.69) is 21.2 Å². The molecule has 4 nitrogen and oxygen atoms in total. The van der Waals surface area contributed by atoms with Gasteiger partial charge in [0.15, 0.2) is 0 Å². The summed E-state index contributed by atoms with van der Waals surface area (Å²) in [7, 11) is 0. The standard InChI is InChI=1S/C16H21BrN2O2/c1-11(2)16(21)19-9-7-12(8-10-19)15(20)18-14-6-4-3-5-13(14)17/h3-6,11-12H,7-10H2,1-2H3,(H,18,20). The lowest BCUT2D eigenvalue weighted by atomic mass is 9.95. The maximum Gasteiger partial charge on any atom is 0.227 e. The number of rotatable bonds is 3. The van der Waals surface area contributed by atoms with Gasteiger partial charge in [-0.3, -0.25) is 9.59 Å². The summed E-state index contributed by atoms with van der Waals surface area (Å²) in [6, 6.07) is 7.58. The Morgan fingerprint density at radius 3 is 2.43 bits per heavy atom. The third kappa shape index (κ3) is 4.06. The molecule has 1 aliphatic rings. The molecule has 0 radical (unpaired) electrons. The molecule has 1 saturated heterocycles. The Kier molecular flexibility index (Phi) is 5.39. The number of hydrogen-bond donors (Lipinski definition) is 1. The molecule has 0 unspecified atom stereocenters. The molecule has 2 rings (SSSR count). The largest absolute Gasteiger partial charge is 0.342 e. The first-order valence-corrected chi connectivity index (χ1v) is 8.12. The molecule has 0 aliphatic carbocycles. The van der Waals surface area contributed by atoms with Gasteiger partial charge in [0.25, 0.3) is 0 Å². The summed E-state index contributed by atoms with van der Waals surface area (Å²) in [5, 5.41) is 2.96. The van der Waals surface area contributed by atoms with Crippen LogP contribution >= 0.6 is 15.9 Å². The Balaban J connectivity index is 1.89. The molecule has 0 aromatic heterocycles. The summed E-state index contributed by atoms with van der Waals surface area (Å²) in [4.78, 5) is 26.1. The Labute approximate surface area is 134 Å². The number of likely N-dealkylation sites (tertiary alicyclic amines) is 1. The molecule has 1 aliphatic heterocycles. The molecule has 1 aromatic carbocycles. The SMILES string of the molecule is CC(C)C(=O)N1CCC(C(=O)Nc2ccccc2Br)CC1. The number of carbonyl (C=O) groups is 2. The zero-order valence-electron chi connectivity index (χ0n) is 12.4. The van der Waals surface area contributed by atoms with Gasteiger partial charge in [0.05, 0.1) is 5.69 Å². The summed E-state index contributed by atoms with van der Waals surface area (Å²) in [5.74, 6) is 0.224. The van der Waals surface area contributed by atoms with Crippen LogP contribution in [0.2, 0.25) is 0 Å². The fraction of sp³-hybridized carbons (Fsp3) is 0.500. The maximum absolute atomic E-state index is 12.3. The van der Waals surface area contributed by atoms with Crippen LogP contribution in [0.5, 0.6) is 0 Å². The van der Waals surface area contributed by atoms with Crippen molar-refractivity contribution in [1.29, 1.82) is 0 Å². The first kappa shape index (κ1) is 16.0. The van der Waals surface area contributed by atoms with Crippen LogP contribution in [-0.2, 0) is 9.59 Å². The van der Waals surface area contributed by atoms with Crippen molar-refractivity contribution in [3.05, 3.63) is 28.7 Å². The molecule has 1 heterocycles. The first-order chi connectivity index (χ1) is 9.99. The molecule has 21 heavy (non-hydrogen) atoms. The van der Waals surface area contributed by atoms with Crippen molar-refractivity contribution < 1.29 is 9.59 Å². The van der Waals surface area contributed by atoms with E-state index in [1.165, 1.54) is 0 Å². The van der Waals surface area contributed by atoms with Crippen LogP contribution in [0.3, 0.4) is 0 Å². The molecule has 0 spiro atoms. The second-order valence-electron chi connectivity index (χ2n) is 5.72. The van der Waals surface area contributed by atoms with Gasteiger partial charge >= 0.3 is 0 Å². The zero-order valence-corrected chi connectivity index (χ0v) is 14.0. The number of para-hydroxylation sites is 1. The quantitative estimate of drug-likeness (QED) is 0.907. The third-order valence-electron chi connectivity index (χ3n) is 3.80. The Hall–Kier alpha value is -1.36. The van der Waals surface area contributed by atoms with Crippen molar-refractivity contribution in [1.82, 2.24) is 4.90 Å². The number of nitrogens with zero attached hydrogens (tertiary/aromatic N) is 1. The van der Waals surface area contributed by atoms with E-state index in [-0.39, 0.29) is 23.7 Å². The summed E-state index contributed by atoms with van der Waals surface area (Å²) in [5.41, 5.74) is 0.795. The van der Waals surface area contributed by atoms with Crippen molar-refractivity contribution in [3.8, 4) is 0 Å². The van der Waals surface area contributed by atoms with Crippen LogP contribution in [0, 0.1) is 11.8 Å². The fourth-order valence-corrected chi connectivity index (χ4v) is 2.91. The third-order valence-corrected chi connectivity index (χ3v) is 4.49. The van der Waals surface area contributed by atoms with Gasteiger partial charge in [-0.15, -0.1) is 0 Å². The molecule has 5 heteroatoms. The minimum absolute atomic E-state index is 0.0201. The van der Waals surface area contributed by atoms with E-state index < -0.39 is 0 Å². The first-order valence-electron chi connectivity index (χ1n) is 7.33. The van der Waals surface area contributed by atoms with Gasteiger partial charge in [0.1, 0.15) is 0 Å². The van der Waals surface area contributed by atoms with Gasteiger partial charge in [0, 0.05) is 29.4 Å². The number of anilines is 1. The molecule has 1 aromatic rings. The summed E-state index contributed by atoms with van der Waals surface area (Å²) in [6.45, 7) is 5.16. The van der Waals surface area contributed by atoms with Crippen LogP contribution in [0.1, 0.15) is 26.7 Å². The highest BCUT2D eigenvalue weighted by atomic mass is 79.9. The molecule has 1 N–H and O–H groups in total. The van der Waals surface area contributed by atoms with Crippen LogP contribution in [0.4, 0.5) is 5.69 Å². The minimum atomic E-state index is -0.0201. The molecule has 2 amide bonds. The van der Waals surface area contributed by atoms with Gasteiger partial charge in [-0.1, -0.05) is 26.0 Å². The highest BCUT2D eigenvalue weighted by Gasteiger charge is 2.28. The molecular weight excluding hydrogens is 332 g/mol. The second kappa shape index (κ2) is 7.07. The summed E-state index contributed by atoms with van der Waals surface area (Å²) < 4.78 is 0.880. The highest BCUT2D eigenvalue weighted by Crippen LogP contribution is 2.24. The smallest absolute Gasteiger partial charge is 0.227 e. The molecular formula is C16H21BrN2O2. The highest BCUT2D eigenvalue weighted by molar-refractivity contribution is 9.10.